The van der Waals surface area contributed by atoms with Gasteiger partial charge < -0.3 is 18.9 Å². The average Bonchev–Trinajstić information content (AvgIpc) is 3.33. The highest BCUT2D eigenvalue weighted by Gasteiger charge is 2.58. The minimum atomic E-state index is -1.39. The summed E-state index contributed by atoms with van der Waals surface area (Å²) < 4.78 is 41.7. The van der Waals surface area contributed by atoms with E-state index in [1.165, 1.54) is 0 Å². The lowest BCUT2D eigenvalue weighted by atomic mass is 9.94. The van der Waals surface area contributed by atoms with Gasteiger partial charge in [-0.25, -0.2) is 0 Å². The normalized spacial score (nSPS) is 28.2. The summed E-state index contributed by atoms with van der Waals surface area (Å²) in [5.74, 6) is -0.866. The number of pyridine rings is 2. The number of aromatic nitrogens is 2. The van der Waals surface area contributed by atoms with Crippen LogP contribution in [0, 0.1) is 0 Å². The summed E-state index contributed by atoms with van der Waals surface area (Å²) in [7, 11) is -1.39. The van der Waals surface area contributed by atoms with Gasteiger partial charge in [0.05, 0.1) is 23.7 Å². The Labute approximate surface area is 256 Å². The summed E-state index contributed by atoms with van der Waals surface area (Å²) >= 11 is 0. The fraction of sp³-hybridized carbons (Fsp3) is 0.371. The van der Waals surface area contributed by atoms with Crippen molar-refractivity contribution in [2.75, 3.05) is 0 Å². The first-order valence-electron chi connectivity index (χ1n) is 14.8. The molecule has 0 aliphatic carbocycles. The van der Waals surface area contributed by atoms with E-state index >= 15 is 4.21 Å². The summed E-state index contributed by atoms with van der Waals surface area (Å²) in [6, 6.07) is 28.1. The Kier molecular flexibility index (Phi) is 9.40. The Bertz CT molecular complexity index is 1350. The van der Waals surface area contributed by atoms with Gasteiger partial charge >= 0.3 is 0 Å². The van der Waals surface area contributed by atoms with Gasteiger partial charge in [-0.15, -0.1) is 0 Å². The van der Waals surface area contributed by atoms with Crippen molar-refractivity contribution in [2.24, 2.45) is 0 Å². The van der Waals surface area contributed by atoms with Crippen LogP contribution >= 0.6 is 0 Å². The molecule has 2 fully saturated rings. The second kappa shape index (κ2) is 13.6. The number of nitrogens with zero attached hydrogens (tertiary/aromatic N) is 2. The summed E-state index contributed by atoms with van der Waals surface area (Å²) in [5.41, 5.74) is 4.07. The standard InChI is InChI=1S/C35H38N2O5S/c1-35(2)41-33-31(39-23-27-15-9-17-36-21-27)29(19-25-11-5-3-6-12-25)43(38)30(20-26-13-7-4-8-14-26)32(34(33)42-35)40-24-28-16-10-18-37-22-28/h3-18,21-22,29-34H,19-20,23-24H2,1-2H3. The molecule has 6 atom stereocenters. The molecule has 2 aromatic heterocycles. The molecule has 2 aromatic carbocycles. The molecule has 0 amide bonds. The van der Waals surface area contributed by atoms with Gasteiger partial charge in [0.1, 0.15) is 24.4 Å². The van der Waals surface area contributed by atoms with E-state index in [2.05, 4.69) is 34.2 Å². The lowest BCUT2D eigenvalue weighted by molar-refractivity contribution is -0.167. The maximum absolute atomic E-state index is 15.0. The van der Waals surface area contributed by atoms with Crippen LogP contribution in [-0.4, -0.2) is 54.9 Å². The molecule has 2 saturated heterocycles. The number of rotatable bonds is 10. The van der Waals surface area contributed by atoms with E-state index < -0.39 is 41.0 Å². The van der Waals surface area contributed by atoms with Crippen molar-refractivity contribution in [1.29, 1.82) is 0 Å². The first kappa shape index (κ1) is 29.8. The van der Waals surface area contributed by atoms with Gasteiger partial charge in [-0.1, -0.05) is 72.8 Å². The quantitative estimate of drug-likeness (QED) is 0.240. The van der Waals surface area contributed by atoms with E-state index in [-0.39, 0.29) is 10.5 Å². The average molecular weight is 599 g/mol. The van der Waals surface area contributed by atoms with Gasteiger partial charge in [-0.3, -0.25) is 14.2 Å². The van der Waals surface area contributed by atoms with E-state index in [1.54, 1.807) is 24.8 Å². The van der Waals surface area contributed by atoms with Gasteiger partial charge in [0.15, 0.2) is 5.79 Å². The smallest absolute Gasteiger partial charge is 0.164 e. The molecular weight excluding hydrogens is 560 g/mol. The summed E-state index contributed by atoms with van der Waals surface area (Å²) in [5, 5.41) is -0.741. The molecule has 2 aliphatic heterocycles. The number of fused-ring (bicyclic) bond motifs is 1. The highest BCUT2D eigenvalue weighted by Crippen LogP contribution is 2.42. The lowest BCUT2D eigenvalue weighted by Gasteiger charge is -2.31. The molecule has 4 aromatic rings. The van der Waals surface area contributed by atoms with E-state index in [0.29, 0.717) is 26.1 Å². The lowest BCUT2D eigenvalue weighted by Crippen LogP contribution is -2.47. The number of hydrogen-bond acceptors (Lipinski definition) is 7. The maximum Gasteiger partial charge on any atom is 0.164 e. The Balaban J connectivity index is 1.41. The third-order valence-corrected chi connectivity index (χ3v) is 10.1. The molecule has 224 valence electrons. The van der Waals surface area contributed by atoms with Crippen molar-refractivity contribution in [2.45, 2.75) is 80.6 Å². The van der Waals surface area contributed by atoms with E-state index in [0.717, 1.165) is 22.3 Å². The van der Waals surface area contributed by atoms with Crippen molar-refractivity contribution in [3.63, 3.8) is 0 Å². The molecule has 4 heterocycles. The van der Waals surface area contributed by atoms with Crippen LogP contribution in [0.4, 0.5) is 0 Å². The van der Waals surface area contributed by atoms with Crippen molar-refractivity contribution in [3.8, 4) is 0 Å². The zero-order chi connectivity index (χ0) is 29.6. The minimum absolute atomic E-state index is 0.318. The summed E-state index contributed by atoms with van der Waals surface area (Å²) in [4.78, 5) is 8.52. The predicted molar refractivity (Wildman–Crippen MR) is 165 cm³/mol. The summed E-state index contributed by atoms with van der Waals surface area (Å²) in [6.45, 7) is 4.48. The molecule has 0 N–H and O–H groups in total. The van der Waals surface area contributed by atoms with Gasteiger partial charge in [0.2, 0.25) is 0 Å². The molecule has 0 spiro atoms. The fourth-order valence-electron chi connectivity index (χ4n) is 6.08. The van der Waals surface area contributed by atoms with Crippen molar-refractivity contribution in [1.82, 2.24) is 9.97 Å². The van der Waals surface area contributed by atoms with Crippen LogP contribution in [0.5, 0.6) is 0 Å². The molecule has 0 radical (unpaired) electrons. The van der Waals surface area contributed by atoms with Crippen LogP contribution in [0.25, 0.3) is 0 Å². The number of benzene rings is 2. The summed E-state index contributed by atoms with van der Waals surface area (Å²) in [6.07, 6.45) is 6.19. The Hall–Kier alpha value is -3.27. The second-order valence-electron chi connectivity index (χ2n) is 11.6. The van der Waals surface area contributed by atoms with E-state index in [9.17, 15) is 0 Å². The largest absolute Gasteiger partial charge is 0.369 e. The predicted octanol–water partition coefficient (Wildman–Crippen LogP) is 5.45. The number of ether oxygens (including phenoxy) is 4. The van der Waals surface area contributed by atoms with Crippen LogP contribution in [0.15, 0.2) is 110 Å². The molecule has 43 heavy (non-hydrogen) atoms. The first-order chi connectivity index (χ1) is 21.0. The van der Waals surface area contributed by atoms with Crippen LogP contribution in [0.1, 0.15) is 36.1 Å². The highest BCUT2D eigenvalue weighted by molar-refractivity contribution is 7.86. The van der Waals surface area contributed by atoms with Crippen LogP contribution in [-0.2, 0) is 55.8 Å². The maximum atomic E-state index is 15.0. The highest BCUT2D eigenvalue weighted by atomic mass is 32.2. The monoisotopic (exact) mass is 598 g/mol. The molecule has 6 unspecified atom stereocenters. The Morgan fingerprint density at radius 3 is 1.47 bits per heavy atom. The van der Waals surface area contributed by atoms with Crippen LogP contribution in [0.3, 0.4) is 0 Å². The Morgan fingerprint density at radius 2 is 1.07 bits per heavy atom. The van der Waals surface area contributed by atoms with Crippen molar-refractivity contribution < 1.29 is 23.2 Å². The zero-order valence-corrected chi connectivity index (χ0v) is 25.3. The van der Waals surface area contributed by atoms with E-state index in [4.69, 9.17) is 18.9 Å². The Morgan fingerprint density at radius 1 is 0.651 bits per heavy atom. The zero-order valence-electron chi connectivity index (χ0n) is 24.5. The SMILES string of the molecule is CC1(C)OC2C(O1)C(OCc1cccnc1)C(Cc1ccccc1)S(=O)C(Cc1ccccc1)C2OCc1cccnc1. The molecule has 8 heteroatoms. The third kappa shape index (κ3) is 7.28. The molecule has 6 rings (SSSR count). The van der Waals surface area contributed by atoms with E-state index in [1.807, 2.05) is 74.5 Å². The van der Waals surface area contributed by atoms with Crippen LogP contribution in [0.2, 0.25) is 0 Å². The fourth-order valence-corrected chi connectivity index (χ4v) is 8.24. The topological polar surface area (TPSA) is 79.8 Å². The van der Waals surface area contributed by atoms with Gasteiger partial charge in [0, 0.05) is 35.6 Å². The van der Waals surface area contributed by atoms with Crippen molar-refractivity contribution >= 4 is 10.8 Å². The first-order valence-corrected chi connectivity index (χ1v) is 16.1. The third-order valence-electron chi connectivity index (χ3n) is 8.03. The van der Waals surface area contributed by atoms with Gasteiger partial charge in [0.25, 0.3) is 0 Å². The molecular formula is C35H38N2O5S. The molecule has 0 bridgehead atoms. The van der Waals surface area contributed by atoms with Crippen LogP contribution < -0.4 is 0 Å². The minimum Gasteiger partial charge on any atom is -0.369 e. The van der Waals surface area contributed by atoms with Gasteiger partial charge in [-0.05, 0) is 61.1 Å². The molecule has 7 nitrogen and oxygen atoms in total. The number of hydrogen-bond donors (Lipinski definition) is 0. The van der Waals surface area contributed by atoms with Gasteiger partial charge in [-0.2, -0.15) is 0 Å². The second-order valence-corrected chi connectivity index (χ2v) is 13.5. The molecule has 0 saturated carbocycles. The van der Waals surface area contributed by atoms with Crippen molar-refractivity contribution in [3.05, 3.63) is 132 Å². The molecule has 2 aliphatic rings.